The van der Waals surface area contributed by atoms with Gasteiger partial charge in [-0.15, -0.1) is 0 Å². The third-order valence-corrected chi connectivity index (χ3v) is 11.0. The predicted molar refractivity (Wildman–Crippen MR) is 133 cm³/mol. The van der Waals surface area contributed by atoms with Crippen LogP contribution in [0.1, 0.15) is 59.4 Å². The molecular weight excluding hydrogens is 458 g/mol. The molecule has 7 aliphatic rings. The van der Waals surface area contributed by atoms with Crippen molar-refractivity contribution in [3.63, 3.8) is 0 Å². The van der Waals surface area contributed by atoms with Gasteiger partial charge < -0.3 is 24.8 Å². The van der Waals surface area contributed by atoms with Gasteiger partial charge in [-0.2, -0.15) is 0 Å². The summed E-state index contributed by atoms with van der Waals surface area (Å²) in [5.41, 5.74) is -2.82. The number of ether oxygens (including phenoxy) is 2. The molecule has 2 bridgehead atoms. The number of likely N-dealkylation sites (N-methyl/N-ethyl adjacent to an activating group) is 1. The number of amides is 2. The summed E-state index contributed by atoms with van der Waals surface area (Å²) in [4.78, 5) is 32.2. The number of piperidine rings is 2. The van der Waals surface area contributed by atoms with Crippen LogP contribution < -0.4 is 14.8 Å². The molecule has 1 aliphatic carbocycles. The molecule has 8 rings (SSSR count). The molecule has 0 unspecified atom stereocenters. The molecule has 5 atom stereocenters. The van der Waals surface area contributed by atoms with Crippen molar-refractivity contribution in [2.75, 3.05) is 25.5 Å². The average molecular weight is 494 g/mol. The molecule has 6 aliphatic heterocycles. The van der Waals surface area contributed by atoms with Gasteiger partial charge >= 0.3 is 0 Å². The van der Waals surface area contributed by atoms with Crippen molar-refractivity contribution in [3.05, 3.63) is 30.0 Å². The van der Waals surface area contributed by atoms with Gasteiger partial charge in [0.2, 0.25) is 11.8 Å². The number of fused-ring (bicyclic) bond motifs is 5. The summed E-state index contributed by atoms with van der Waals surface area (Å²) in [7, 11) is 1.88. The normalized spacial score (nSPS) is 42.9. The third kappa shape index (κ3) is 2.15. The van der Waals surface area contributed by atoms with E-state index in [1.807, 2.05) is 50.9 Å². The first kappa shape index (κ1) is 22.6. The average Bonchev–Trinajstić information content (AvgIpc) is 3.25. The summed E-state index contributed by atoms with van der Waals surface area (Å²) in [6, 6.07) is 3.92. The lowest BCUT2D eigenvalue weighted by molar-refractivity contribution is -0.206. The predicted octanol–water partition coefficient (Wildman–Crippen LogP) is 2.80. The topological polar surface area (TPSA) is 91.3 Å². The number of benzene rings is 1. The number of hydrogen-bond donors (Lipinski definition) is 2. The van der Waals surface area contributed by atoms with E-state index < -0.39 is 33.1 Å². The van der Waals surface area contributed by atoms with Crippen molar-refractivity contribution in [1.29, 1.82) is 0 Å². The Kier molecular flexibility index (Phi) is 3.83. The van der Waals surface area contributed by atoms with E-state index in [0.29, 0.717) is 49.5 Å². The summed E-state index contributed by atoms with van der Waals surface area (Å²) < 4.78 is 12.2. The zero-order chi connectivity index (χ0) is 25.7. The molecule has 1 aromatic carbocycles. The summed E-state index contributed by atoms with van der Waals surface area (Å²) in [5, 5.41) is 14.7. The van der Waals surface area contributed by atoms with Gasteiger partial charge in [0.15, 0.2) is 11.5 Å². The number of aliphatic hydroxyl groups is 1. The van der Waals surface area contributed by atoms with E-state index >= 15 is 0 Å². The van der Waals surface area contributed by atoms with Crippen molar-refractivity contribution >= 4 is 17.5 Å². The Bertz CT molecular complexity index is 1280. The molecule has 5 fully saturated rings. The first-order valence-electron chi connectivity index (χ1n) is 13.0. The zero-order valence-electron chi connectivity index (χ0n) is 21.9. The van der Waals surface area contributed by atoms with Gasteiger partial charge in [-0.1, -0.05) is 19.9 Å². The molecule has 3 spiro atoms. The SMILES string of the molecule is CN1C(=O)[C@]23C[C@H]4C(C)(C)[C@@]5(C[C@@]41CN2CC[C@@]3(C)O)C(=O)Nc1c5ccc2c1OC=CC(C)(C)O2. The third-order valence-electron chi connectivity index (χ3n) is 11.0. The number of anilines is 1. The molecular formula is C28H35N3O5. The minimum Gasteiger partial charge on any atom is -0.480 e. The number of hydrogen-bond acceptors (Lipinski definition) is 6. The summed E-state index contributed by atoms with van der Waals surface area (Å²) in [6.07, 6.45) is 5.16. The van der Waals surface area contributed by atoms with Crippen LogP contribution in [0.15, 0.2) is 24.5 Å². The molecule has 2 amide bonds. The van der Waals surface area contributed by atoms with Crippen molar-refractivity contribution in [1.82, 2.24) is 9.80 Å². The van der Waals surface area contributed by atoms with Crippen molar-refractivity contribution in [2.45, 2.75) is 81.6 Å². The second-order valence-electron chi connectivity index (χ2n) is 13.2. The lowest BCUT2D eigenvalue weighted by Gasteiger charge is -2.65. The maximum atomic E-state index is 14.2. The fourth-order valence-electron chi connectivity index (χ4n) is 9.04. The highest BCUT2D eigenvalue weighted by atomic mass is 16.5. The molecule has 36 heavy (non-hydrogen) atoms. The van der Waals surface area contributed by atoms with Crippen LogP contribution in [0.2, 0.25) is 0 Å². The second-order valence-corrected chi connectivity index (χ2v) is 13.2. The largest absolute Gasteiger partial charge is 0.480 e. The van der Waals surface area contributed by atoms with Crippen molar-refractivity contribution in [3.8, 4) is 11.5 Å². The van der Waals surface area contributed by atoms with E-state index in [1.165, 1.54) is 0 Å². The van der Waals surface area contributed by atoms with Gasteiger partial charge in [0.05, 0.1) is 28.5 Å². The zero-order valence-corrected chi connectivity index (χ0v) is 21.9. The number of carbonyl (C=O) groups excluding carboxylic acids is 2. The van der Waals surface area contributed by atoms with Crippen LogP contribution in [0.4, 0.5) is 5.69 Å². The van der Waals surface area contributed by atoms with Crippen LogP contribution in [-0.2, 0) is 15.0 Å². The van der Waals surface area contributed by atoms with Gasteiger partial charge in [0, 0.05) is 20.1 Å². The number of piperazine rings is 1. The Morgan fingerprint density at radius 3 is 2.64 bits per heavy atom. The van der Waals surface area contributed by atoms with Crippen LogP contribution >= 0.6 is 0 Å². The van der Waals surface area contributed by atoms with E-state index in [9.17, 15) is 14.7 Å². The summed E-state index contributed by atoms with van der Waals surface area (Å²) in [5.74, 6) is 1.10. The molecule has 2 N–H and O–H groups in total. The standard InChI is InChI=1S/C28H35N3O5/c1-23(2)10-12-35-20-17(36-23)8-7-16-19(20)29-21(32)27(16)14-26-15-31-11-9-25(5,34)28(31,22(33)30(26)6)13-18(26)24(27,3)4/h7-8,10,12,18,34H,9,11,13-15H2,1-6H3,(H,29,32)/t18-,25+,26+,27+,28-/m0/s1. The number of carbonyl (C=O) groups is 2. The van der Waals surface area contributed by atoms with Gasteiger partial charge in [-0.05, 0) is 69.1 Å². The Morgan fingerprint density at radius 1 is 1.14 bits per heavy atom. The monoisotopic (exact) mass is 493 g/mol. The Hall–Kier alpha value is -2.58. The van der Waals surface area contributed by atoms with E-state index in [4.69, 9.17) is 9.47 Å². The Labute approximate surface area is 211 Å². The lowest BCUT2D eigenvalue weighted by atomic mass is 9.55. The molecule has 192 valence electrons. The van der Waals surface area contributed by atoms with Crippen LogP contribution in [0, 0.1) is 11.3 Å². The van der Waals surface area contributed by atoms with Crippen LogP contribution in [0.25, 0.3) is 0 Å². The number of nitrogens with one attached hydrogen (secondary N) is 1. The van der Waals surface area contributed by atoms with Gasteiger partial charge in [-0.25, -0.2) is 0 Å². The molecule has 0 radical (unpaired) electrons. The van der Waals surface area contributed by atoms with Gasteiger partial charge in [-0.3, -0.25) is 14.5 Å². The number of nitrogens with zero attached hydrogens (tertiary/aromatic N) is 2. The van der Waals surface area contributed by atoms with Gasteiger partial charge in [0.1, 0.15) is 11.1 Å². The quantitative estimate of drug-likeness (QED) is 0.578. The summed E-state index contributed by atoms with van der Waals surface area (Å²) >= 11 is 0. The highest BCUT2D eigenvalue weighted by Crippen LogP contribution is 2.73. The highest BCUT2D eigenvalue weighted by Gasteiger charge is 2.82. The van der Waals surface area contributed by atoms with Crippen molar-refractivity contribution in [2.24, 2.45) is 11.3 Å². The molecule has 0 aromatic heterocycles. The van der Waals surface area contributed by atoms with Crippen LogP contribution in [0.5, 0.6) is 11.5 Å². The van der Waals surface area contributed by atoms with Crippen LogP contribution in [0.3, 0.4) is 0 Å². The molecule has 6 heterocycles. The minimum atomic E-state index is -1.10. The lowest BCUT2D eigenvalue weighted by Crippen LogP contribution is -2.82. The van der Waals surface area contributed by atoms with E-state index in [2.05, 4.69) is 24.1 Å². The maximum Gasteiger partial charge on any atom is 0.246 e. The molecule has 1 aromatic rings. The maximum absolute atomic E-state index is 14.2. The molecule has 4 saturated heterocycles. The fraction of sp³-hybridized carbons (Fsp3) is 0.643. The first-order valence-corrected chi connectivity index (χ1v) is 13.0. The van der Waals surface area contributed by atoms with Crippen molar-refractivity contribution < 1.29 is 24.2 Å². The van der Waals surface area contributed by atoms with E-state index in [-0.39, 0.29) is 17.7 Å². The van der Waals surface area contributed by atoms with E-state index in [1.54, 1.807) is 6.26 Å². The molecule has 8 heteroatoms. The molecule has 8 nitrogen and oxygen atoms in total. The summed E-state index contributed by atoms with van der Waals surface area (Å²) in [6.45, 7) is 11.5. The minimum absolute atomic E-state index is 0.00925. The van der Waals surface area contributed by atoms with Gasteiger partial charge in [0.25, 0.3) is 0 Å². The fourth-order valence-corrected chi connectivity index (χ4v) is 9.04. The second kappa shape index (κ2) is 6.10. The van der Waals surface area contributed by atoms with E-state index in [0.717, 1.165) is 5.56 Å². The number of rotatable bonds is 0. The molecule has 1 saturated carbocycles. The Balaban J connectivity index is 1.42. The highest BCUT2D eigenvalue weighted by molar-refractivity contribution is 6.09. The first-order chi connectivity index (χ1) is 16.7. The smallest absolute Gasteiger partial charge is 0.246 e. The Morgan fingerprint density at radius 2 is 1.89 bits per heavy atom. The van der Waals surface area contributed by atoms with Crippen LogP contribution in [-0.4, -0.2) is 69.1 Å².